The third-order valence-corrected chi connectivity index (χ3v) is 2.71. The second-order valence-electron chi connectivity index (χ2n) is 4.03. The first-order valence-corrected chi connectivity index (χ1v) is 5.18. The first-order valence-electron chi connectivity index (χ1n) is 5.18. The van der Waals surface area contributed by atoms with Gasteiger partial charge in [0.1, 0.15) is 0 Å². The Morgan fingerprint density at radius 1 is 1.53 bits per heavy atom. The summed E-state index contributed by atoms with van der Waals surface area (Å²) in [4.78, 5) is 27.2. The molecule has 1 aliphatic heterocycles. The molecule has 0 unspecified atom stereocenters. The van der Waals surface area contributed by atoms with Crippen molar-refractivity contribution in [3.63, 3.8) is 0 Å². The van der Waals surface area contributed by atoms with E-state index in [0.717, 1.165) is 6.20 Å². The van der Waals surface area contributed by atoms with Crippen LogP contribution in [0.15, 0.2) is 18.5 Å². The highest BCUT2D eigenvalue weighted by atomic mass is 19.1. The van der Waals surface area contributed by atoms with Crippen LogP contribution in [0.5, 0.6) is 0 Å². The monoisotopic (exact) mass is 238 g/mol. The van der Waals surface area contributed by atoms with E-state index in [0.29, 0.717) is 13.1 Å². The number of carbonyl (C=O) groups excluding carboxylic acids is 1. The van der Waals surface area contributed by atoms with E-state index < -0.39 is 17.7 Å². The van der Waals surface area contributed by atoms with Crippen LogP contribution in [0.1, 0.15) is 16.8 Å². The molecule has 17 heavy (non-hydrogen) atoms. The van der Waals surface area contributed by atoms with Crippen LogP contribution in [-0.4, -0.2) is 40.0 Å². The van der Waals surface area contributed by atoms with Gasteiger partial charge in [-0.1, -0.05) is 0 Å². The molecule has 90 valence electrons. The van der Waals surface area contributed by atoms with Crippen LogP contribution in [-0.2, 0) is 4.79 Å². The Bertz CT molecular complexity index is 458. The van der Waals surface area contributed by atoms with Crippen LogP contribution < -0.4 is 0 Å². The van der Waals surface area contributed by atoms with Gasteiger partial charge in [0.25, 0.3) is 5.91 Å². The fraction of sp³-hybridized carbons (Fsp3) is 0.364. The largest absolute Gasteiger partial charge is 0.481 e. The van der Waals surface area contributed by atoms with Gasteiger partial charge in [-0.05, 0) is 6.07 Å². The van der Waals surface area contributed by atoms with Gasteiger partial charge in [0.15, 0.2) is 5.82 Å². The Hall–Kier alpha value is -1.98. The van der Waals surface area contributed by atoms with Crippen LogP contribution in [0, 0.1) is 11.7 Å². The number of hydrogen-bond donors (Lipinski definition) is 1. The lowest BCUT2D eigenvalue weighted by Crippen LogP contribution is -2.50. The molecule has 1 aliphatic rings. The molecule has 1 fully saturated rings. The highest BCUT2D eigenvalue weighted by molar-refractivity contribution is 5.94. The molecule has 0 radical (unpaired) electrons. The lowest BCUT2D eigenvalue weighted by molar-refractivity contribution is -0.139. The zero-order valence-electron chi connectivity index (χ0n) is 8.97. The van der Waals surface area contributed by atoms with Gasteiger partial charge in [-0.15, -0.1) is 0 Å². The summed E-state index contributed by atoms with van der Waals surface area (Å²) in [5.74, 6) is -1.97. The summed E-state index contributed by atoms with van der Waals surface area (Å²) in [5, 5.41) is 8.56. The highest BCUT2D eigenvalue weighted by Crippen LogP contribution is 2.22. The Kier molecular flexibility index (Phi) is 3.03. The summed E-state index contributed by atoms with van der Waals surface area (Å²) in [6.07, 6.45) is 2.38. The maximum atomic E-state index is 13.3. The van der Waals surface area contributed by atoms with Crippen molar-refractivity contribution in [2.24, 2.45) is 5.92 Å². The van der Waals surface area contributed by atoms with Crippen molar-refractivity contribution in [3.8, 4) is 0 Å². The van der Waals surface area contributed by atoms with Gasteiger partial charge in [-0.3, -0.25) is 14.6 Å². The average Bonchev–Trinajstić information content (AvgIpc) is 2.22. The normalized spacial score (nSPS) is 15.5. The fourth-order valence-corrected chi connectivity index (χ4v) is 1.83. The van der Waals surface area contributed by atoms with Gasteiger partial charge < -0.3 is 10.0 Å². The Morgan fingerprint density at radius 2 is 2.24 bits per heavy atom. The van der Waals surface area contributed by atoms with Crippen molar-refractivity contribution >= 4 is 11.9 Å². The third kappa shape index (κ3) is 2.41. The second-order valence-corrected chi connectivity index (χ2v) is 4.03. The number of carbonyl (C=O) groups is 2. The SMILES string of the molecule is O=C(O)CC1CN(C(=O)c2ccncc2F)C1. The maximum absolute atomic E-state index is 13.3. The highest BCUT2D eigenvalue weighted by Gasteiger charge is 2.33. The molecule has 0 bridgehead atoms. The number of pyridine rings is 1. The molecule has 2 heterocycles. The van der Waals surface area contributed by atoms with Crippen LogP contribution in [0.2, 0.25) is 0 Å². The lowest BCUT2D eigenvalue weighted by atomic mass is 9.95. The van der Waals surface area contributed by atoms with Crippen LogP contribution >= 0.6 is 0 Å². The van der Waals surface area contributed by atoms with E-state index in [4.69, 9.17) is 5.11 Å². The number of carboxylic acids is 1. The number of carboxylic acid groups (broad SMARTS) is 1. The minimum absolute atomic E-state index is 0.0197. The molecular formula is C11H11FN2O3. The molecule has 0 aromatic carbocycles. The number of amides is 1. The number of halogens is 1. The molecule has 0 saturated carbocycles. The first kappa shape index (κ1) is 11.5. The molecule has 0 atom stereocenters. The van der Waals surface area contributed by atoms with Crippen molar-refractivity contribution in [1.29, 1.82) is 0 Å². The van der Waals surface area contributed by atoms with Crippen molar-refractivity contribution in [3.05, 3.63) is 29.8 Å². The maximum Gasteiger partial charge on any atom is 0.303 e. The number of nitrogens with zero attached hydrogens (tertiary/aromatic N) is 2. The van der Waals surface area contributed by atoms with Gasteiger partial charge in [-0.25, -0.2) is 4.39 Å². The van der Waals surface area contributed by atoms with E-state index >= 15 is 0 Å². The van der Waals surface area contributed by atoms with E-state index in [1.54, 1.807) is 0 Å². The van der Waals surface area contributed by atoms with Crippen LogP contribution in [0.25, 0.3) is 0 Å². The smallest absolute Gasteiger partial charge is 0.303 e. The predicted octanol–water partition coefficient (Wildman–Crippen LogP) is 0.767. The Balaban J connectivity index is 1.96. The van der Waals surface area contributed by atoms with Crippen LogP contribution in [0.4, 0.5) is 4.39 Å². The summed E-state index contributed by atoms with van der Waals surface area (Å²) in [6.45, 7) is 0.736. The molecular weight excluding hydrogens is 227 g/mol. The number of aromatic nitrogens is 1. The second kappa shape index (κ2) is 4.48. The van der Waals surface area contributed by atoms with Gasteiger partial charge in [0, 0.05) is 25.2 Å². The zero-order chi connectivity index (χ0) is 12.4. The van der Waals surface area contributed by atoms with E-state index in [-0.39, 0.29) is 17.9 Å². The number of hydrogen-bond acceptors (Lipinski definition) is 3. The quantitative estimate of drug-likeness (QED) is 0.844. The molecule has 1 aromatic heterocycles. The van der Waals surface area contributed by atoms with Gasteiger partial charge in [0.2, 0.25) is 0 Å². The first-order chi connectivity index (χ1) is 8.08. The van der Waals surface area contributed by atoms with E-state index in [1.807, 2.05) is 0 Å². The minimum atomic E-state index is -0.878. The molecule has 5 nitrogen and oxygen atoms in total. The number of rotatable bonds is 3. The van der Waals surface area contributed by atoms with Crippen molar-refractivity contribution in [2.45, 2.75) is 6.42 Å². The molecule has 1 saturated heterocycles. The minimum Gasteiger partial charge on any atom is -0.481 e. The van der Waals surface area contributed by atoms with Crippen molar-refractivity contribution in [1.82, 2.24) is 9.88 Å². The summed E-state index contributed by atoms with van der Waals surface area (Å²) >= 11 is 0. The Morgan fingerprint density at radius 3 is 2.82 bits per heavy atom. The molecule has 1 aromatic rings. The molecule has 0 aliphatic carbocycles. The molecule has 1 amide bonds. The fourth-order valence-electron chi connectivity index (χ4n) is 1.83. The predicted molar refractivity (Wildman–Crippen MR) is 55.8 cm³/mol. The van der Waals surface area contributed by atoms with Crippen LogP contribution in [0.3, 0.4) is 0 Å². The number of aliphatic carboxylic acids is 1. The standard InChI is InChI=1S/C11H11FN2O3/c12-9-4-13-2-1-8(9)11(17)14-5-7(6-14)3-10(15)16/h1-2,4,7H,3,5-6H2,(H,15,16). The van der Waals surface area contributed by atoms with Crippen molar-refractivity contribution in [2.75, 3.05) is 13.1 Å². The lowest BCUT2D eigenvalue weighted by Gasteiger charge is -2.38. The average molecular weight is 238 g/mol. The summed E-state index contributed by atoms with van der Waals surface area (Å²) in [7, 11) is 0. The Labute approximate surface area is 96.9 Å². The van der Waals surface area contributed by atoms with Gasteiger partial charge in [-0.2, -0.15) is 0 Å². The molecule has 2 rings (SSSR count). The van der Waals surface area contributed by atoms with E-state index in [9.17, 15) is 14.0 Å². The van der Waals surface area contributed by atoms with Crippen molar-refractivity contribution < 1.29 is 19.1 Å². The molecule has 1 N–H and O–H groups in total. The summed E-state index contributed by atoms with van der Waals surface area (Å²) in [5.41, 5.74) is -0.0197. The van der Waals surface area contributed by atoms with Gasteiger partial charge >= 0.3 is 5.97 Å². The third-order valence-electron chi connectivity index (χ3n) is 2.71. The zero-order valence-corrected chi connectivity index (χ0v) is 8.97. The summed E-state index contributed by atoms with van der Waals surface area (Å²) < 4.78 is 13.3. The van der Waals surface area contributed by atoms with E-state index in [1.165, 1.54) is 17.2 Å². The molecule has 0 spiro atoms. The molecule has 6 heteroatoms. The van der Waals surface area contributed by atoms with Gasteiger partial charge in [0.05, 0.1) is 18.2 Å². The van der Waals surface area contributed by atoms with E-state index in [2.05, 4.69) is 4.98 Å². The number of likely N-dealkylation sites (tertiary alicyclic amines) is 1. The topological polar surface area (TPSA) is 70.5 Å². The summed E-state index contributed by atoms with van der Waals surface area (Å²) in [6, 6.07) is 1.32.